The Kier molecular flexibility index (Phi) is 7.45. The minimum atomic E-state index is -0.693. The Hall–Kier alpha value is -3.00. The molecule has 7 nitrogen and oxygen atoms in total. The monoisotopic (exact) mass is 539 g/mol. The fraction of sp³-hybridized carbons (Fsp3) is 0.433. The number of rotatable bonds is 9. The van der Waals surface area contributed by atoms with E-state index in [0.717, 1.165) is 53.7 Å². The summed E-state index contributed by atoms with van der Waals surface area (Å²) >= 11 is 6.92. The van der Waals surface area contributed by atoms with Crippen LogP contribution in [-0.4, -0.2) is 62.1 Å². The minimum absolute atomic E-state index is 0.0306. The Bertz CT molecular complexity index is 1350. The molecule has 2 bridgehead atoms. The van der Waals surface area contributed by atoms with Crippen LogP contribution in [-0.2, 0) is 6.54 Å². The maximum atomic E-state index is 12.1. The van der Waals surface area contributed by atoms with Gasteiger partial charge in [0.2, 0.25) is 5.75 Å². The molecular formula is C30H36ClN2O5+. The molecule has 3 unspecified atom stereocenters. The van der Waals surface area contributed by atoms with E-state index in [1.165, 1.54) is 0 Å². The summed E-state index contributed by atoms with van der Waals surface area (Å²) < 4.78 is 23.0. The summed E-state index contributed by atoms with van der Waals surface area (Å²) in [4.78, 5) is 4.53. The number of methoxy groups -OCH3 is 4. The second kappa shape index (κ2) is 10.6. The van der Waals surface area contributed by atoms with Crippen LogP contribution in [0.1, 0.15) is 30.1 Å². The molecule has 38 heavy (non-hydrogen) atoms. The number of aliphatic hydroxyl groups excluding tert-OH is 1. The van der Waals surface area contributed by atoms with Gasteiger partial charge in [0.1, 0.15) is 24.4 Å². The lowest BCUT2D eigenvalue weighted by atomic mass is 9.71. The van der Waals surface area contributed by atoms with Gasteiger partial charge in [-0.2, -0.15) is 0 Å². The van der Waals surface area contributed by atoms with Crippen LogP contribution in [0.3, 0.4) is 0 Å². The van der Waals surface area contributed by atoms with Crippen LogP contribution in [0.5, 0.6) is 23.0 Å². The zero-order valence-corrected chi connectivity index (χ0v) is 23.2. The second-order valence-electron chi connectivity index (χ2n) is 10.4. The summed E-state index contributed by atoms with van der Waals surface area (Å²) in [6, 6.07) is 9.64. The molecule has 3 saturated heterocycles. The van der Waals surface area contributed by atoms with E-state index < -0.39 is 6.10 Å². The van der Waals surface area contributed by atoms with Gasteiger partial charge in [-0.3, -0.25) is 4.98 Å². The van der Waals surface area contributed by atoms with Gasteiger partial charge in [-0.1, -0.05) is 17.7 Å². The highest BCUT2D eigenvalue weighted by Crippen LogP contribution is 2.51. The van der Waals surface area contributed by atoms with E-state index >= 15 is 0 Å². The van der Waals surface area contributed by atoms with E-state index in [0.29, 0.717) is 45.1 Å². The molecule has 3 aromatic rings. The maximum absolute atomic E-state index is 12.1. The number of piperidine rings is 3. The van der Waals surface area contributed by atoms with Crippen molar-refractivity contribution < 1.29 is 28.5 Å². The van der Waals surface area contributed by atoms with Crippen molar-refractivity contribution in [2.45, 2.75) is 31.5 Å². The van der Waals surface area contributed by atoms with E-state index in [2.05, 4.69) is 17.6 Å². The third-order valence-corrected chi connectivity index (χ3v) is 9.09. The molecule has 2 aromatic carbocycles. The highest BCUT2D eigenvalue weighted by atomic mass is 35.5. The first kappa shape index (κ1) is 26.6. The van der Waals surface area contributed by atoms with E-state index in [-0.39, 0.29) is 6.04 Å². The van der Waals surface area contributed by atoms with Crippen LogP contribution >= 0.6 is 11.6 Å². The number of nitrogens with zero attached hydrogens (tertiary/aromatic N) is 2. The molecule has 0 spiro atoms. The van der Waals surface area contributed by atoms with Gasteiger partial charge in [-0.25, -0.2) is 0 Å². The van der Waals surface area contributed by atoms with Crippen molar-refractivity contribution in [3.8, 4) is 23.0 Å². The lowest BCUT2D eigenvalue weighted by Gasteiger charge is -2.58. The average Bonchev–Trinajstić information content (AvgIpc) is 2.96. The van der Waals surface area contributed by atoms with Gasteiger partial charge in [0.15, 0.2) is 11.5 Å². The summed E-state index contributed by atoms with van der Waals surface area (Å²) in [7, 11) is 6.41. The number of fused-ring (bicyclic) bond motifs is 4. The summed E-state index contributed by atoms with van der Waals surface area (Å²) in [5.74, 6) is 3.10. The molecule has 5 atom stereocenters. The van der Waals surface area contributed by atoms with E-state index in [1.54, 1.807) is 34.6 Å². The van der Waals surface area contributed by atoms with Crippen LogP contribution < -0.4 is 18.9 Å². The van der Waals surface area contributed by atoms with E-state index in [4.69, 9.17) is 30.5 Å². The number of aliphatic hydroxyl groups is 1. The summed E-state index contributed by atoms with van der Waals surface area (Å²) in [5, 5.41) is 13.5. The third-order valence-electron chi connectivity index (χ3n) is 8.67. The topological polar surface area (TPSA) is 70.0 Å². The van der Waals surface area contributed by atoms with Crippen molar-refractivity contribution in [2.75, 3.05) is 41.5 Å². The molecule has 3 aliphatic heterocycles. The number of benzene rings is 2. The fourth-order valence-corrected chi connectivity index (χ4v) is 7.02. The molecule has 0 amide bonds. The number of hydrogen-bond acceptors (Lipinski definition) is 6. The van der Waals surface area contributed by atoms with Gasteiger partial charge in [0, 0.05) is 35.9 Å². The molecule has 8 heteroatoms. The van der Waals surface area contributed by atoms with Crippen LogP contribution in [0, 0.1) is 11.8 Å². The first-order chi connectivity index (χ1) is 18.4. The van der Waals surface area contributed by atoms with E-state index in [1.807, 2.05) is 30.3 Å². The first-order valence-electron chi connectivity index (χ1n) is 13.0. The van der Waals surface area contributed by atoms with Crippen molar-refractivity contribution in [3.63, 3.8) is 0 Å². The maximum Gasteiger partial charge on any atom is 0.204 e. The minimum Gasteiger partial charge on any atom is -0.497 e. The lowest BCUT2D eigenvalue weighted by molar-refractivity contribution is -0.984. The Labute approximate surface area is 229 Å². The molecule has 6 rings (SSSR count). The van der Waals surface area contributed by atoms with Crippen LogP contribution in [0.2, 0.25) is 5.02 Å². The van der Waals surface area contributed by atoms with Gasteiger partial charge in [0.05, 0.1) is 52.1 Å². The molecule has 0 saturated carbocycles. The van der Waals surface area contributed by atoms with Crippen molar-refractivity contribution in [3.05, 3.63) is 65.3 Å². The van der Waals surface area contributed by atoms with E-state index in [9.17, 15) is 5.11 Å². The molecule has 3 aliphatic rings. The summed E-state index contributed by atoms with van der Waals surface area (Å²) in [5.41, 5.74) is 2.61. The van der Waals surface area contributed by atoms with Crippen molar-refractivity contribution in [1.29, 1.82) is 0 Å². The van der Waals surface area contributed by atoms with Gasteiger partial charge < -0.3 is 28.5 Å². The first-order valence-corrected chi connectivity index (χ1v) is 13.3. The van der Waals surface area contributed by atoms with Gasteiger partial charge in [-0.15, -0.1) is 6.58 Å². The summed E-state index contributed by atoms with van der Waals surface area (Å²) in [6.07, 6.45) is 5.14. The number of aromatic nitrogens is 1. The lowest BCUT2D eigenvalue weighted by Crippen LogP contribution is -2.67. The average molecular weight is 540 g/mol. The molecular weight excluding hydrogens is 504 g/mol. The second-order valence-corrected chi connectivity index (χ2v) is 10.8. The van der Waals surface area contributed by atoms with Gasteiger partial charge >= 0.3 is 0 Å². The van der Waals surface area contributed by atoms with Crippen molar-refractivity contribution in [2.24, 2.45) is 11.8 Å². The third kappa shape index (κ3) is 4.36. The van der Waals surface area contributed by atoms with Crippen molar-refractivity contribution >= 4 is 22.5 Å². The Balaban J connectivity index is 1.60. The SMILES string of the molecule is C=CC1C[N+]2(Cc3cc(OC)c(OC)c(OC)c3Cl)CCC1C[C@H]2[C@H](O)c1ccnc2ccc(OC)cc12. The number of ether oxygens (including phenoxy) is 4. The highest BCUT2D eigenvalue weighted by Gasteiger charge is 2.54. The van der Waals surface area contributed by atoms with Gasteiger partial charge in [0.25, 0.3) is 0 Å². The summed E-state index contributed by atoms with van der Waals surface area (Å²) in [6.45, 7) is 6.60. The normalized spacial score (nSPS) is 25.2. The zero-order valence-electron chi connectivity index (χ0n) is 22.4. The van der Waals surface area contributed by atoms with Crippen molar-refractivity contribution in [1.82, 2.24) is 4.98 Å². The Morgan fingerprint density at radius 1 is 1.11 bits per heavy atom. The molecule has 4 heterocycles. The molecule has 1 N–H and O–H groups in total. The van der Waals surface area contributed by atoms with Crippen LogP contribution in [0.25, 0.3) is 10.9 Å². The Morgan fingerprint density at radius 3 is 2.58 bits per heavy atom. The number of hydrogen-bond donors (Lipinski definition) is 1. The Morgan fingerprint density at radius 2 is 1.89 bits per heavy atom. The number of pyridine rings is 1. The standard InChI is InChI=1S/C30H36ClN2O5/c1-6-18-16-33(17-20-14-26(36-3)29(37-4)30(38-5)27(20)31)12-10-19(18)13-25(33)28(34)22-9-11-32-24-8-7-21(35-2)15-23(22)24/h6-9,11,14-15,18-19,25,28,34H,1,10,12-13,16-17H2,2-5H3/q+1/t18?,19?,25-,28+,33?/m0/s1. The highest BCUT2D eigenvalue weighted by molar-refractivity contribution is 6.33. The smallest absolute Gasteiger partial charge is 0.204 e. The zero-order chi connectivity index (χ0) is 27.0. The number of halogens is 1. The molecule has 3 fully saturated rings. The molecule has 1 aromatic heterocycles. The van der Waals surface area contributed by atoms with Crippen LogP contribution in [0.4, 0.5) is 0 Å². The van der Waals surface area contributed by atoms with Gasteiger partial charge in [-0.05, 0) is 41.8 Å². The molecule has 0 aliphatic carbocycles. The molecule has 202 valence electrons. The predicted octanol–water partition coefficient (Wildman–Crippen LogP) is 5.57. The fourth-order valence-electron chi connectivity index (χ4n) is 6.75. The molecule has 0 radical (unpaired) electrons. The number of quaternary nitrogens is 1. The van der Waals surface area contributed by atoms with Crippen LogP contribution in [0.15, 0.2) is 49.2 Å². The predicted molar refractivity (Wildman–Crippen MR) is 148 cm³/mol. The largest absolute Gasteiger partial charge is 0.497 e. The quantitative estimate of drug-likeness (QED) is 0.283.